The van der Waals surface area contributed by atoms with Gasteiger partial charge in [-0.15, -0.1) is 0 Å². The Bertz CT molecular complexity index is 2030. The van der Waals surface area contributed by atoms with Gasteiger partial charge in [0.1, 0.15) is 30.0 Å². The number of aliphatic hydroxyl groups excluding tert-OH is 3. The molecule has 0 aromatic heterocycles. The van der Waals surface area contributed by atoms with Gasteiger partial charge >= 0.3 is 11.8 Å². The van der Waals surface area contributed by atoms with Crippen LogP contribution < -0.4 is 10.1 Å². The Morgan fingerprint density at radius 2 is 1.62 bits per heavy atom. The summed E-state index contributed by atoms with van der Waals surface area (Å²) in [6, 6.07) is 0. The zero-order chi connectivity index (χ0) is 44.6. The van der Waals surface area contributed by atoms with Crippen LogP contribution >= 0.6 is 0 Å². The van der Waals surface area contributed by atoms with Crippen LogP contribution in [0.2, 0.25) is 0 Å². The summed E-state index contributed by atoms with van der Waals surface area (Å²) in [6.07, 6.45) is 7.26. The van der Waals surface area contributed by atoms with Crippen LogP contribution in [0.25, 0.3) is 10.8 Å². The van der Waals surface area contributed by atoms with E-state index in [-0.39, 0.29) is 57.7 Å². The monoisotopic (exact) mass is 840 g/mol. The van der Waals surface area contributed by atoms with Crippen molar-refractivity contribution in [3.8, 4) is 23.0 Å². The van der Waals surface area contributed by atoms with Gasteiger partial charge in [0.25, 0.3) is 11.7 Å². The fraction of sp³-hybridized carbons (Fsp3) is 0.545. The largest absolute Gasteiger partial charge is 0.507 e. The van der Waals surface area contributed by atoms with Crippen molar-refractivity contribution in [2.75, 3.05) is 25.6 Å². The number of ether oxygens (including phenoxy) is 4. The molecule has 2 aromatic carbocycles. The van der Waals surface area contributed by atoms with Gasteiger partial charge in [0.2, 0.25) is 0 Å². The van der Waals surface area contributed by atoms with Gasteiger partial charge in [0.15, 0.2) is 5.75 Å². The summed E-state index contributed by atoms with van der Waals surface area (Å²) in [6.45, 7) is 12.6. The van der Waals surface area contributed by atoms with E-state index in [9.17, 15) is 39.9 Å². The van der Waals surface area contributed by atoms with Crippen molar-refractivity contribution in [3.63, 3.8) is 0 Å². The lowest BCUT2D eigenvalue weighted by Crippen LogP contribution is -2.46. The Kier molecular flexibility index (Phi) is 16.2. The number of fused-ring (bicyclic) bond motifs is 14. The van der Waals surface area contributed by atoms with E-state index in [2.05, 4.69) is 10.5 Å². The molecule has 2 aromatic rings. The minimum atomic E-state index is -2.07. The number of allylic oxidation sites excluding steroid dienone is 2. The Morgan fingerprint density at radius 1 is 0.933 bits per heavy atom. The molecule has 330 valence electrons. The molecule has 16 nitrogen and oxygen atoms in total. The second-order valence-electron chi connectivity index (χ2n) is 15.8. The first-order valence-electron chi connectivity index (χ1n) is 20.2. The summed E-state index contributed by atoms with van der Waals surface area (Å²) in [7, 11) is 1.42. The smallest absolute Gasteiger partial charge is 0.312 e. The number of carbonyl (C=O) groups excluding carboxylic acids is 3. The van der Waals surface area contributed by atoms with Crippen LogP contribution in [-0.2, 0) is 28.6 Å². The SMILES string of the molecule is COC1/C=C/OC2(C)Oc3c(C)c(O)c4c(O)c(c(/C=N\OCCCCCCO)c(O)c4c3C2=O)NC(=O)/C(C)=C/C=C/C(C)C(O)C(C)C(O)C(C)C(OC(C)=O)C1C. The number of Topliss-reactive ketones (excluding diaryl/α,β-unsaturated/α-hetero) is 1. The van der Waals surface area contributed by atoms with Crippen molar-refractivity contribution in [1.29, 1.82) is 0 Å². The molecule has 9 atom stereocenters. The fourth-order valence-corrected chi connectivity index (χ4v) is 7.65. The molecule has 7 N–H and O–H groups in total. The lowest BCUT2D eigenvalue weighted by atomic mass is 9.78. The molecule has 0 spiro atoms. The van der Waals surface area contributed by atoms with Crippen LogP contribution in [0.4, 0.5) is 5.69 Å². The molecule has 3 aliphatic heterocycles. The highest BCUT2D eigenvalue weighted by Gasteiger charge is 2.50. The van der Waals surface area contributed by atoms with E-state index in [1.807, 2.05) is 0 Å². The average Bonchev–Trinajstić information content (AvgIpc) is 3.47. The summed E-state index contributed by atoms with van der Waals surface area (Å²) in [4.78, 5) is 45.8. The number of aromatic hydroxyl groups is 3. The number of aliphatic hydroxyl groups is 3. The number of nitrogens with zero attached hydrogens (tertiary/aromatic N) is 1. The zero-order valence-corrected chi connectivity index (χ0v) is 35.7. The highest BCUT2D eigenvalue weighted by Crippen LogP contribution is 2.55. The fourth-order valence-electron chi connectivity index (χ4n) is 7.65. The van der Waals surface area contributed by atoms with Gasteiger partial charge < -0.3 is 59.7 Å². The number of amides is 1. The summed E-state index contributed by atoms with van der Waals surface area (Å²) in [5, 5.41) is 73.1. The molecule has 0 saturated carbocycles. The van der Waals surface area contributed by atoms with Gasteiger partial charge in [0.05, 0.1) is 53.0 Å². The number of hydrogen-bond donors (Lipinski definition) is 7. The molecular weight excluding hydrogens is 780 g/mol. The molecule has 5 rings (SSSR count). The first-order chi connectivity index (χ1) is 28.3. The third-order valence-electron chi connectivity index (χ3n) is 11.4. The first kappa shape index (κ1) is 47.5. The number of phenolic OH excluding ortho intramolecular Hbond substituents is 3. The lowest BCUT2D eigenvalue weighted by molar-refractivity contribution is -0.160. The number of hydrogen-bond acceptors (Lipinski definition) is 15. The Morgan fingerprint density at radius 3 is 2.27 bits per heavy atom. The Labute approximate surface area is 350 Å². The molecule has 9 unspecified atom stereocenters. The van der Waals surface area contributed by atoms with Crippen LogP contribution in [0.15, 0.2) is 41.3 Å². The summed E-state index contributed by atoms with van der Waals surface area (Å²) in [5.41, 5.74) is -0.664. The van der Waals surface area contributed by atoms with Crippen LogP contribution in [0.5, 0.6) is 23.0 Å². The molecule has 0 aliphatic carbocycles. The van der Waals surface area contributed by atoms with Crippen LogP contribution in [0, 0.1) is 30.6 Å². The van der Waals surface area contributed by atoms with Crippen LogP contribution in [0.1, 0.15) is 95.6 Å². The topological polar surface area (TPSA) is 243 Å². The zero-order valence-electron chi connectivity index (χ0n) is 35.7. The molecular formula is C44H60N2O14. The van der Waals surface area contributed by atoms with E-state index in [1.54, 1.807) is 39.8 Å². The molecule has 3 heterocycles. The van der Waals surface area contributed by atoms with Crippen molar-refractivity contribution < 1.29 is 68.8 Å². The Balaban J connectivity index is 1.92. The first-order valence-corrected chi connectivity index (χ1v) is 20.2. The van der Waals surface area contributed by atoms with E-state index in [4.69, 9.17) is 28.9 Å². The number of anilines is 1. The number of ketones is 1. The average molecular weight is 841 g/mol. The van der Waals surface area contributed by atoms with Crippen molar-refractivity contribution in [2.24, 2.45) is 28.8 Å². The van der Waals surface area contributed by atoms with Gasteiger partial charge in [0, 0.05) is 67.8 Å². The Hall–Kier alpha value is -5.16. The standard InChI is InChI=1S/C44H60N2O14/c1-22-15-14-16-23(2)43(55)46-34-29(21-45-58-19-13-11-10-12-18-47)38(52)31-32(39(34)53)37(51)27(6)41-33(31)42(54)44(8,60-41)57-20-17-30(56-9)24(3)40(59-28(7)48)26(5)36(50)25(4)35(22)49/h14-17,20-22,24-26,30,35-36,40,47,49-53H,10-13,18-19H2,1-9H3,(H,46,55)/b15-14+,20-17+,23-16+,45-21-. The van der Waals surface area contributed by atoms with E-state index < -0.39 is 88.8 Å². The van der Waals surface area contributed by atoms with E-state index in [0.717, 1.165) is 19.1 Å². The second-order valence-corrected chi connectivity index (χ2v) is 15.8. The molecule has 60 heavy (non-hydrogen) atoms. The molecule has 1 amide bonds. The molecule has 3 aliphatic rings. The van der Waals surface area contributed by atoms with Gasteiger partial charge in [-0.3, -0.25) is 14.4 Å². The second kappa shape index (κ2) is 20.4. The molecule has 16 heteroatoms. The summed E-state index contributed by atoms with van der Waals surface area (Å²) < 4.78 is 23.5. The number of unbranched alkanes of at least 4 members (excludes halogenated alkanes) is 3. The maximum atomic E-state index is 14.4. The number of phenols is 3. The van der Waals surface area contributed by atoms with E-state index in [0.29, 0.717) is 12.8 Å². The van der Waals surface area contributed by atoms with E-state index in [1.165, 1.54) is 53.2 Å². The van der Waals surface area contributed by atoms with Crippen LogP contribution in [0.3, 0.4) is 0 Å². The third-order valence-corrected chi connectivity index (χ3v) is 11.4. The number of esters is 1. The quantitative estimate of drug-likeness (QED) is 0.0382. The van der Waals surface area contributed by atoms with Gasteiger partial charge in [-0.1, -0.05) is 57.5 Å². The highest BCUT2D eigenvalue weighted by atomic mass is 16.7. The number of methoxy groups -OCH3 is 1. The van der Waals surface area contributed by atoms with Gasteiger partial charge in [-0.05, 0) is 39.2 Å². The number of oxime groups is 1. The number of nitrogens with one attached hydrogen (secondary N) is 1. The predicted octanol–water partition coefficient (Wildman–Crippen LogP) is 5.66. The van der Waals surface area contributed by atoms with Crippen molar-refractivity contribution in [3.05, 3.63) is 52.8 Å². The minimum Gasteiger partial charge on any atom is -0.507 e. The predicted molar refractivity (Wildman–Crippen MR) is 223 cm³/mol. The van der Waals surface area contributed by atoms with E-state index >= 15 is 0 Å². The van der Waals surface area contributed by atoms with Gasteiger partial charge in [-0.2, -0.15) is 0 Å². The summed E-state index contributed by atoms with van der Waals surface area (Å²) >= 11 is 0. The molecule has 0 radical (unpaired) electrons. The van der Waals surface area contributed by atoms with Crippen molar-refractivity contribution in [2.45, 2.75) is 111 Å². The maximum absolute atomic E-state index is 14.4. The van der Waals surface area contributed by atoms with Crippen molar-refractivity contribution >= 4 is 40.3 Å². The van der Waals surface area contributed by atoms with Gasteiger partial charge in [-0.25, -0.2) is 0 Å². The lowest BCUT2D eigenvalue weighted by Gasteiger charge is -2.38. The van der Waals surface area contributed by atoms with Crippen LogP contribution in [-0.4, -0.2) is 105 Å². The molecule has 0 saturated heterocycles. The van der Waals surface area contributed by atoms with Crippen molar-refractivity contribution in [1.82, 2.24) is 0 Å². The number of carbonyl (C=O) groups is 3. The molecule has 0 fully saturated rings. The minimum absolute atomic E-state index is 0.0255. The normalized spacial score (nSPS) is 29.8. The highest BCUT2D eigenvalue weighted by molar-refractivity contribution is 6.23. The molecule has 5 bridgehead atoms. The third kappa shape index (κ3) is 10.1. The number of benzene rings is 2. The maximum Gasteiger partial charge on any atom is 0.312 e. The number of rotatable bonds is 10. The summed E-state index contributed by atoms with van der Waals surface area (Å²) in [5.74, 6) is -8.74.